The highest BCUT2D eigenvalue weighted by molar-refractivity contribution is 7.89. The normalized spacial score (nSPS) is 18.9. The first kappa shape index (κ1) is 17.2. The maximum atomic E-state index is 12.0. The Balaban J connectivity index is 1.77. The van der Waals surface area contributed by atoms with Crippen LogP contribution in [0.4, 0.5) is 0 Å². The van der Waals surface area contributed by atoms with Crippen LogP contribution in [0.1, 0.15) is 0 Å². The van der Waals surface area contributed by atoms with Crippen LogP contribution in [0.25, 0.3) is 0 Å². The number of hydrogen-bond donors (Lipinski definition) is 3. The molecule has 1 fully saturated rings. The van der Waals surface area contributed by atoms with Crippen LogP contribution in [0.15, 0.2) is 29.2 Å². The lowest BCUT2D eigenvalue weighted by Crippen LogP contribution is -2.49. The van der Waals surface area contributed by atoms with E-state index in [4.69, 9.17) is 16.3 Å². The summed E-state index contributed by atoms with van der Waals surface area (Å²) in [5, 5.41) is 6.02. The number of hydrogen-bond acceptors (Lipinski definition) is 5. The van der Waals surface area contributed by atoms with Crippen LogP contribution >= 0.6 is 11.6 Å². The lowest BCUT2D eigenvalue weighted by atomic mass is 10.3. The van der Waals surface area contributed by atoms with E-state index < -0.39 is 16.1 Å². The predicted octanol–water partition coefficient (Wildman–Crippen LogP) is -0.277. The van der Waals surface area contributed by atoms with E-state index in [1.54, 1.807) is 12.1 Å². The first-order valence-corrected chi connectivity index (χ1v) is 8.70. The molecule has 0 aromatic heterocycles. The molecule has 1 saturated heterocycles. The van der Waals surface area contributed by atoms with Crippen molar-refractivity contribution < 1.29 is 17.9 Å². The van der Waals surface area contributed by atoms with Crippen molar-refractivity contribution in [3.05, 3.63) is 29.3 Å². The summed E-state index contributed by atoms with van der Waals surface area (Å²) in [5.41, 5.74) is 0. The molecule has 1 unspecified atom stereocenters. The van der Waals surface area contributed by atoms with Gasteiger partial charge in [0.05, 0.1) is 11.5 Å². The van der Waals surface area contributed by atoms with Crippen molar-refractivity contribution >= 4 is 27.5 Å². The van der Waals surface area contributed by atoms with E-state index >= 15 is 0 Å². The lowest BCUT2D eigenvalue weighted by Gasteiger charge is -2.22. The summed E-state index contributed by atoms with van der Waals surface area (Å²) >= 11 is 5.77. The smallest absolute Gasteiger partial charge is 0.250 e. The van der Waals surface area contributed by atoms with E-state index in [-0.39, 0.29) is 23.9 Å². The predicted molar refractivity (Wildman–Crippen MR) is 82.3 cm³/mol. The van der Waals surface area contributed by atoms with Gasteiger partial charge in [-0.1, -0.05) is 17.7 Å². The zero-order valence-corrected chi connectivity index (χ0v) is 13.4. The highest BCUT2D eigenvalue weighted by atomic mass is 35.5. The van der Waals surface area contributed by atoms with Gasteiger partial charge in [-0.25, -0.2) is 13.1 Å². The number of benzene rings is 1. The Morgan fingerprint density at radius 3 is 2.91 bits per heavy atom. The van der Waals surface area contributed by atoms with Crippen molar-refractivity contribution in [3.63, 3.8) is 0 Å². The number of carbonyl (C=O) groups excluding carboxylic acids is 1. The molecule has 22 heavy (non-hydrogen) atoms. The number of sulfonamides is 1. The molecule has 1 aromatic carbocycles. The molecule has 3 N–H and O–H groups in total. The second-order valence-electron chi connectivity index (χ2n) is 4.71. The van der Waals surface area contributed by atoms with Crippen LogP contribution in [0.3, 0.4) is 0 Å². The third-order valence-corrected chi connectivity index (χ3v) is 4.74. The lowest BCUT2D eigenvalue weighted by molar-refractivity contribution is -0.134. The van der Waals surface area contributed by atoms with Crippen molar-refractivity contribution in [3.8, 4) is 0 Å². The summed E-state index contributed by atoms with van der Waals surface area (Å²) in [7, 11) is -3.63. The SMILES string of the molecule is O=C(NCCNS(=O)(=O)c1cccc(Cl)c1)C1CNCCO1. The summed E-state index contributed by atoms with van der Waals surface area (Å²) in [6, 6.07) is 5.98. The first-order valence-electron chi connectivity index (χ1n) is 6.84. The summed E-state index contributed by atoms with van der Waals surface area (Å²) in [6.45, 7) is 1.93. The average molecular weight is 348 g/mol. The fraction of sp³-hybridized carbons (Fsp3) is 0.462. The van der Waals surface area contributed by atoms with Crippen LogP contribution in [0, 0.1) is 0 Å². The van der Waals surface area contributed by atoms with E-state index in [0.717, 1.165) is 6.54 Å². The topological polar surface area (TPSA) is 96.5 Å². The van der Waals surface area contributed by atoms with E-state index in [1.807, 2.05) is 0 Å². The van der Waals surface area contributed by atoms with Crippen molar-refractivity contribution in [1.82, 2.24) is 15.4 Å². The van der Waals surface area contributed by atoms with Gasteiger partial charge in [0.2, 0.25) is 10.0 Å². The quantitative estimate of drug-likeness (QED) is 0.615. The monoisotopic (exact) mass is 347 g/mol. The van der Waals surface area contributed by atoms with Gasteiger partial charge in [0, 0.05) is 31.2 Å². The number of halogens is 1. The minimum absolute atomic E-state index is 0.0841. The van der Waals surface area contributed by atoms with Gasteiger partial charge in [0.15, 0.2) is 0 Å². The number of morpholine rings is 1. The minimum atomic E-state index is -3.63. The second kappa shape index (κ2) is 7.89. The molecule has 1 amide bonds. The first-order chi connectivity index (χ1) is 10.5. The van der Waals surface area contributed by atoms with Crippen molar-refractivity contribution in [2.24, 2.45) is 0 Å². The number of carbonyl (C=O) groups is 1. The average Bonchev–Trinajstić information content (AvgIpc) is 2.52. The van der Waals surface area contributed by atoms with Gasteiger partial charge in [-0.3, -0.25) is 4.79 Å². The molecule has 2 rings (SSSR count). The highest BCUT2D eigenvalue weighted by Crippen LogP contribution is 2.14. The van der Waals surface area contributed by atoms with Crippen LogP contribution < -0.4 is 15.4 Å². The molecule has 122 valence electrons. The van der Waals surface area contributed by atoms with Gasteiger partial charge in [0.25, 0.3) is 5.91 Å². The van der Waals surface area contributed by atoms with Crippen LogP contribution in [0.5, 0.6) is 0 Å². The van der Waals surface area contributed by atoms with Gasteiger partial charge < -0.3 is 15.4 Å². The Hall–Kier alpha value is -1.19. The summed E-state index contributed by atoms with van der Waals surface area (Å²) in [5.74, 6) is -0.255. The van der Waals surface area contributed by atoms with E-state index in [1.165, 1.54) is 12.1 Å². The van der Waals surface area contributed by atoms with Crippen LogP contribution in [-0.4, -0.2) is 53.2 Å². The summed E-state index contributed by atoms with van der Waals surface area (Å²) in [4.78, 5) is 11.9. The number of amides is 1. The van der Waals surface area contributed by atoms with Gasteiger partial charge in [-0.2, -0.15) is 0 Å². The van der Waals surface area contributed by atoms with Gasteiger partial charge in [0.1, 0.15) is 6.10 Å². The second-order valence-corrected chi connectivity index (χ2v) is 6.91. The highest BCUT2D eigenvalue weighted by Gasteiger charge is 2.21. The number of nitrogens with one attached hydrogen (secondary N) is 3. The summed E-state index contributed by atoms with van der Waals surface area (Å²) < 4.78 is 31.7. The van der Waals surface area contributed by atoms with Gasteiger partial charge in [-0.15, -0.1) is 0 Å². The molecule has 1 aromatic rings. The summed E-state index contributed by atoms with van der Waals surface area (Å²) in [6.07, 6.45) is -0.529. The Morgan fingerprint density at radius 1 is 1.41 bits per heavy atom. The van der Waals surface area contributed by atoms with Crippen molar-refractivity contribution in [2.45, 2.75) is 11.0 Å². The van der Waals surface area contributed by atoms with Gasteiger partial charge >= 0.3 is 0 Å². The standard InChI is InChI=1S/C13H18ClN3O4S/c14-10-2-1-3-11(8-10)22(19,20)17-5-4-16-13(18)12-9-15-6-7-21-12/h1-3,8,12,15,17H,4-7,9H2,(H,16,18). The molecule has 1 heterocycles. The number of ether oxygens (including phenoxy) is 1. The molecule has 0 bridgehead atoms. The Morgan fingerprint density at radius 2 is 2.23 bits per heavy atom. The fourth-order valence-electron chi connectivity index (χ4n) is 1.94. The Kier molecular flexibility index (Phi) is 6.16. The maximum Gasteiger partial charge on any atom is 0.250 e. The molecule has 1 aliphatic rings. The maximum absolute atomic E-state index is 12.0. The third-order valence-electron chi connectivity index (χ3n) is 3.04. The van der Waals surface area contributed by atoms with E-state index in [2.05, 4.69) is 15.4 Å². The third kappa shape index (κ3) is 4.92. The zero-order valence-electron chi connectivity index (χ0n) is 11.8. The minimum Gasteiger partial charge on any atom is -0.366 e. The Bertz CT molecular complexity index is 617. The molecule has 0 saturated carbocycles. The zero-order chi connectivity index (χ0) is 16.0. The largest absolute Gasteiger partial charge is 0.366 e. The molecule has 0 spiro atoms. The molecule has 9 heteroatoms. The van der Waals surface area contributed by atoms with Crippen LogP contribution in [0.2, 0.25) is 5.02 Å². The van der Waals surface area contributed by atoms with E-state index in [0.29, 0.717) is 18.2 Å². The van der Waals surface area contributed by atoms with Crippen molar-refractivity contribution in [2.75, 3.05) is 32.8 Å². The molecular weight excluding hydrogens is 330 g/mol. The molecule has 7 nitrogen and oxygen atoms in total. The fourth-order valence-corrected chi connectivity index (χ4v) is 3.27. The Labute approximate surface area is 134 Å². The molecular formula is C13H18ClN3O4S. The molecule has 1 atom stereocenters. The number of rotatable bonds is 6. The van der Waals surface area contributed by atoms with Crippen LogP contribution in [-0.2, 0) is 19.6 Å². The van der Waals surface area contributed by atoms with Crippen molar-refractivity contribution in [1.29, 1.82) is 0 Å². The van der Waals surface area contributed by atoms with Gasteiger partial charge in [-0.05, 0) is 18.2 Å². The molecule has 0 radical (unpaired) electrons. The van der Waals surface area contributed by atoms with E-state index in [9.17, 15) is 13.2 Å². The molecule has 1 aliphatic heterocycles. The molecule has 0 aliphatic carbocycles.